The summed E-state index contributed by atoms with van der Waals surface area (Å²) in [6.07, 6.45) is 6.50. The van der Waals surface area contributed by atoms with Crippen LogP contribution in [-0.2, 0) is 16.9 Å². The average molecular weight is 267 g/mol. The van der Waals surface area contributed by atoms with E-state index in [1.54, 1.807) is 0 Å². The lowest BCUT2D eigenvalue weighted by molar-refractivity contribution is -0.0314. The molecule has 2 N–H and O–H groups in total. The number of ether oxygens (including phenoxy) is 1. The van der Waals surface area contributed by atoms with Crippen LogP contribution in [0.2, 0.25) is 0 Å². The van der Waals surface area contributed by atoms with E-state index in [9.17, 15) is 0 Å². The van der Waals surface area contributed by atoms with E-state index in [0.29, 0.717) is 30.3 Å². The van der Waals surface area contributed by atoms with Crippen molar-refractivity contribution < 1.29 is 9.26 Å². The van der Waals surface area contributed by atoms with Crippen molar-refractivity contribution in [2.24, 2.45) is 11.7 Å². The normalized spacial score (nSPS) is 24.6. The molecule has 0 bridgehead atoms. The van der Waals surface area contributed by atoms with E-state index in [-0.39, 0.29) is 0 Å². The number of hydrogen-bond donors (Lipinski definition) is 1. The number of nitrogens with zero attached hydrogens (tertiary/aromatic N) is 2. The molecule has 0 aromatic carbocycles. The first-order valence-corrected chi connectivity index (χ1v) is 7.24. The third-order valence-electron chi connectivity index (χ3n) is 3.83. The molecule has 5 heteroatoms. The largest absolute Gasteiger partial charge is 0.368 e. The summed E-state index contributed by atoms with van der Waals surface area (Å²) in [5, 5.41) is 3.90. The molecule has 1 heterocycles. The van der Waals surface area contributed by atoms with Crippen molar-refractivity contribution >= 4 is 0 Å². The SMILES string of the molecule is CCC1CCCCC1OCc1nc(C(C)(C)N)no1. The lowest BCUT2D eigenvalue weighted by Crippen LogP contribution is -2.30. The van der Waals surface area contributed by atoms with E-state index < -0.39 is 5.54 Å². The molecule has 2 unspecified atom stereocenters. The predicted octanol–water partition coefficient (Wildman–Crippen LogP) is 2.75. The Morgan fingerprint density at radius 3 is 2.74 bits per heavy atom. The second kappa shape index (κ2) is 6.01. The fraction of sp³-hybridized carbons (Fsp3) is 0.857. The highest BCUT2D eigenvalue weighted by Crippen LogP contribution is 2.29. The van der Waals surface area contributed by atoms with Gasteiger partial charge in [-0.2, -0.15) is 4.98 Å². The van der Waals surface area contributed by atoms with Gasteiger partial charge in [0, 0.05) is 0 Å². The van der Waals surface area contributed by atoms with E-state index in [0.717, 1.165) is 6.42 Å². The van der Waals surface area contributed by atoms with Gasteiger partial charge in [0.2, 0.25) is 0 Å². The number of aromatic nitrogens is 2. The molecule has 1 aliphatic carbocycles. The highest BCUT2D eigenvalue weighted by molar-refractivity contribution is 4.98. The summed E-state index contributed by atoms with van der Waals surface area (Å²) >= 11 is 0. The summed E-state index contributed by atoms with van der Waals surface area (Å²) in [5.41, 5.74) is 5.36. The molecule has 2 rings (SSSR count). The van der Waals surface area contributed by atoms with Crippen LogP contribution in [0.1, 0.15) is 64.6 Å². The van der Waals surface area contributed by atoms with Crippen molar-refractivity contribution in [3.8, 4) is 0 Å². The van der Waals surface area contributed by atoms with Gasteiger partial charge < -0.3 is 15.0 Å². The molecular formula is C14H25N3O2. The molecule has 0 spiro atoms. The van der Waals surface area contributed by atoms with E-state index in [2.05, 4.69) is 17.1 Å². The molecule has 0 saturated heterocycles. The van der Waals surface area contributed by atoms with Crippen LogP contribution in [0.15, 0.2) is 4.52 Å². The van der Waals surface area contributed by atoms with Crippen molar-refractivity contribution in [2.75, 3.05) is 0 Å². The minimum atomic E-state index is -0.571. The van der Waals surface area contributed by atoms with Gasteiger partial charge in [-0.15, -0.1) is 0 Å². The van der Waals surface area contributed by atoms with Crippen LogP contribution in [0.4, 0.5) is 0 Å². The molecule has 0 aliphatic heterocycles. The Kier molecular flexibility index (Phi) is 4.58. The van der Waals surface area contributed by atoms with E-state index >= 15 is 0 Å². The van der Waals surface area contributed by atoms with Crippen LogP contribution in [0.5, 0.6) is 0 Å². The van der Waals surface area contributed by atoms with Gasteiger partial charge in [0.1, 0.15) is 6.61 Å². The topological polar surface area (TPSA) is 74.2 Å². The minimum absolute atomic E-state index is 0.333. The molecule has 1 aromatic heterocycles. The van der Waals surface area contributed by atoms with Crippen LogP contribution in [0.25, 0.3) is 0 Å². The second-order valence-corrected chi connectivity index (χ2v) is 6.04. The Hall–Kier alpha value is -0.940. The van der Waals surface area contributed by atoms with Gasteiger partial charge in [-0.1, -0.05) is 31.3 Å². The Morgan fingerprint density at radius 2 is 2.11 bits per heavy atom. The highest BCUT2D eigenvalue weighted by atomic mass is 16.5. The zero-order valence-electron chi connectivity index (χ0n) is 12.2. The molecule has 0 radical (unpaired) electrons. The third-order valence-corrected chi connectivity index (χ3v) is 3.83. The number of nitrogens with two attached hydrogens (primary N) is 1. The average Bonchev–Trinajstić information content (AvgIpc) is 2.85. The molecule has 19 heavy (non-hydrogen) atoms. The van der Waals surface area contributed by atoms with Crippen LogP contribution < -0.4 is 5.73 Å². The van der Waals surface area contributed by atoms with E-state index in [1.165, 1.54) is 25.7 Å². The van der Waals surface area contributed by atoms with Gasteiger partial charge >= 0.3 is 0 Å². The van der Waals surface area contributed by atoms with E-state index in [4.69, 9.17) is 15.0 Å². The lowest BCUT2D eigenvalue weighted by atomic mass is 9.85. The lowest BCUT2D eigenvalue weighted by Gasteiger charge is -2.30. The predicted molar refractivity (Wildman–Crippen MR) is 72.3 cm³/mol. The smallest absolute Gasteiger partial charge is 0.252 e. The first-order chi connectivity index (χ1) is 9.00. The molecule has 1 aromatic rings. The van der Waals surface area contributed by atoms with Crippen LogP contribution in [-0.4, -0.2) is 16.2 Å². The van der Waals surface area contributed by atoms with Crippen LogP contribution in [0, 0.1) is 5.92 Å². The number of hydrogen-bond acceptors (Lipinski definition) is 5. The quantitative estimate of drug-likeness (QED) is 0.888. The van der Waals surface area contributed by atoms with E-state index in [1.807, 2.05) is 13.8 Å². The minimum Gasteiger partial charge on any atom is -0.368 e. The zero-order valence-corrected chi connectivity index (χ0v) is 12.2. The third kappa shape index (κ3) is 3.76. The molecule has 108 valence electrons. The maximum Gasteiger partial charge on any atom is 0.252 e. The maximum absolute atomic E-state index is 5.96. The fourth-order valence-electron chi connectivity index (χ4n) is 2.61. The van der Waals surface area contributed by atoms with Crippen molar-refractivity contribution in [1.82, 2.24) is 10.1 Å². The zero-order chi connectivity index (χ0) is 13.9. The summed E-state index contributed by atoms with van der Waals surface area (Å²) in [7, 11) is 0. The second-order valence-electron chi connectivity index (χ2n) is 6.04. The Morgan fingerprint density at radius 1 is 1.37 bits per heavy atom. The Bertz CT molecular complexity index is 398. The van der Waals surface area contributed by atoms with Gasteiger partial charge in [0.05, 0.1) is 11.6 Å². The summed E-state index contributed by atoms with van der Waals surface area (Å²) in [6.45, 7) is 6.34. The highest BCUT2D eigenvalue weighted by Gasteiger charge is 2.26. The fourth-order valence-corrected chi connectivity index (χ4v) is 2.61. The van der Waals surface area contributed by atoms with Gasteiger partial charge in [-0.25, -0.2) is 0 Å². The first-order valence-electron chi connectivity index (χ1n) is 7.24. The Balaban J connectivity index is 1.89. The summed E-state index contributed by atoms with van der Waals surface area (Å²) < 4.78 is 11.1. The van der Waals surface area contributed by atoms with Crippen molar-refractivity contribution in [3.63, 3.8) is 0 Å². The molecular weight excluding hydrogens is 242 g/mol. The molecule has 5 nitrogen and oxygen atoms in total. The van der Waals surface area contributed by atoms with Crippen molar-refractivity contribution in [1.29, 1.82) is 0 Å². The van der Waals surface area contributed by atoms with Gasteiger partial charge in [0.25, 0.3) is 5.89 Å². The van der Waals surface area contributed by atoms with Crippen molar-refractivity contribution in [3.05, 3.63) is 11.7 Å². The monoisotopic (exact) mass is 267 g/mol. The van der Waals surface area contributed by atoms with Gasteiger partial charge in [-0.05, 0) is 32.6 Å². The maximum atomic E-state index is 5.96. The molecule has 1 fully saturated rings. The number of rotatable bonds is 5. The molecule has 1 aliphatic rings. The van der Waals surface area contributed by atoms with Crippen LogP contribution >= 0.6 is 0 Å². The molecule has 1 saturated carbocycles. The Labute approximate surface area is 114 Å². The summed E-state index contributed by atoms with van der Waals surface area (Å²) in [6, 6.07) is 0. The molecule has 2 atom stereocenters. The first kappa shape index (κ1) is 14.5. The van der Waals surface area contributed by atoms with Gasteiger partial charge in [-0.3, -0.25) is 0 Å². The van der Waals surface area contributed by atoms with Crippen molar-refractivity contribution in [2.45, 2.75) is 71.1 Å². The van der Waals surface area contributed by atoms with Gasteiger partial charge in [0.15, 0.2) is 5.82 Å². The summed E-state index contributed by atoms with van der Waals surface area (Å²) in [5.74, 6) is 1.72. The molecule has 0 amide bonds. The summed E-state index contributed by atoms with van der Waals surface area (Å²) in [4.78, 5) is 4.29. The standard InChI is InChI=1S/C14H25N3O2/c1-4-10-7-5-6-8-11(10)18-9-12-16-13(17-19-12)14(2,3)15/h10-11H,4-9,15H2,1-3H3. The van der Waals surface area contributed by atoms with Crippen LogP contribution in [0.3, 0.4) is 0 Å².